The number of anilines is 1. The molecule has 0 saturated carbocycles. The van der Waals surface area contributed by atoms with Crippen molar-refractivity contribution in [2.75, 3.05) is 18.5 Å². The summed E-state index contributed by atoms with van der Waals surface area (Å²) < 4.78 is 0. The highest BCUT2D eigenvalue weighted by Crippen LogP contribution is 2.40. The predicted molar refractivity (Wildman–Crippen MR) is 92.5 cm³/mol. The van der Waals surface area contributed by atoms with Crippen molar-refractivity contribution in [1.29, 1.82) is 0 Å². The van der Waals surface area contributed by atoms with Gasteiger partial charge in [0.15, 0.2) is 0 Å². The first-order valence-corrected chi connectivity index (χ1v) is 8.18. The first-order valence-electron chi connectivity index (χ1n) is 7.36. The molecule has 22 heavy (non-hydrogen) atoms. The summed E-state index contributed by atoms with van der Waals surface area (Å²) in [7, 11) is 0. The Labute approximate surface area is 133 Å². The van der Waals surface area contributed by atoms with E-state index in [1.807, 2.05) is 0 Å². The number of benzene rings is 1. The first-order chi connectivity index (χ1) is 10.7. The molecule has 114 valence electrons. The molecule has 0 aliphatic heterocycles. The van der Waals surface area contributed by atoms with Crippen LogP contribution >= 0.6 is 11.3 Å². The van der Waals surface area contributed by atoms with Crippen molar-refractivity contribution in [2.45, 2.75) is 20.3 Å². The van der Waals surface area contributed by atoms with E-state index in [9.17, 15) is 0 Å². The van der Waals surface area contributed by atoms with Gasteiger partial charge in [0.05, 0.1) is 5.39 Å². The largest absolute Gasteiger partial charge is 0.396 e. The minimum atomic E-state index is 0.175. The Bertz CT molecular complexity index is 780. The molecule has 3 aromatic rings. The van der Waals surface area contributed by atoms with Crippen LogP contribution in [0.25, 0.3) is 21.3 Å². The van der Waals surface area contributed by atoms with Crippen LogP contribution < -0.4 is 5.32 Å². The Kier molecular flexibility index (Phi) is 4.36. The highest BCUT2D eigenvalue weighted by Gasteiger charge is 2.16. The van der Waals surface area contributed by atoms with Gasteiger partial charge in [0.1, 0.15) is 17.0 Å². The highest BCUT2D eigenvalue weighted by atomic mass is 32.1. The van der Waals surface area contributed by atoms with Crippen LogP contribution in [0.5, 0.6) is 0 Å². The number of aliphatic hydroxyl groups is 1. The topological polar surface area (TPSA) is 58.0 Å². The van der Waals surface area contributed by atoms with Gasteiger partial charge >= 0.3 is 0 Å². The van der Waals surface area contributed by atoms with Gasteiger partial charge in [-0.15, -0.1) is 11.3 Å². The van der Waals surface area contributed by atoms with E-state index in [0.717, 1.165) is 16.0 Å². The van der Waals surface area contributed by atoms with Crippen molar-refractivity contribution in [3.05, 3.63) is 41.0 Å². The van der Waals surface area contributed by atoms with Gasteiger partial charge in [-0.05, 0) is 25.8 Å². The zero-order valence-corrected chi connectivity index (χ0v) is 13.6. The van der Waals surface area contributed by atoms with Crippen molar-refractivity contribution in [1.82, 2.24) is 9.97 Å². The summed E-state index contributed by atoms with van der Waals surface area (Å²) in [5, 5.41) is 13.3. The molecule has 0 aliphatic rings. The van der Waals surface area contributed by atoms with E-state index < -0.39 is 0 Å². The summed E-state index contributed by atoms with van der Waals surface area (Å²) in [6.45, 7) is 5.09. The molecule has 0 bridgehead atoms. The molecule has 0 aliphatic carbocycles. The van der Waals surface area contributed by atoms with Crippen molar-refractivity contribution >= 4 is 27.4 Å². The van der Waals surface area contributed by atoms with Crippen LogP contribution in [0.1, 0.15) is 16.9 Å². The van der Waals surface area contributed by atoms with Gasteiger partial charge in [-0.3, -0.25) is 0 Å². The number of hydrogen-bond acceptors (Lipinski definition) is 5. The molecule has 2 heterocycles. The van der Waals surface area contributed by atoms with E-state index in [1.165, 1.54) is 21.6 Å². The lowest BCUT2D eigenvalue weighted by Crippen LogP contribution is -2.05. The van der Waals surface area contributed by atoms with E-state index in [-0.39, 0.29) is 6.61 Å². The first kappa shape index (κ1) is 14.9. The molecule has 2 N–H and O–H groups in total. The maximum absolute atomic E-state index is 8.95. The number of nitrogens with one attached hydrogen (secondary N) is 1. The molecule has 0 amide bonds. The molecule has 1 aromatic carbocycles. The Balaban J connectivity index is 2.12. The lowest BCUT2D eigenvalue weighted by Gasteiger charge is -2.08. The van der Waals surface area contributed by atoms with Crippen LogP contribution in [0.4, 0.5) is 5.82 Å². The van der Waals surface area contributed by atoms with Gasteiger partial charge in [-0.2, -0.15) is 0 Å². The molecule has 2 aromatic heterocycles. The fourth-order valence-electron chi connectivity index (χ4n) is 2.53. The number of hydrogen-bond donors (Lipinski definition) is 2. The molecule has 0 spiro atoms. The molecule has 0 atom stereocenters. The van der Waals surface area contributed by atoms with Crippen molar-refractivity contribution in [3.63, 3.8) is 0 Å². The van der Waals surface area contributed by atoms with Crippen LogP contribution in [-0.2, 0) is 0 Å². The van der Waals surface area contributed by atoms with Crippen molar-refractivity contribution in [3.8, 4) is 11.1 Å². The Morgan fingerprint density at radius 3 is 2.64 bits per heavy atom. The Hall–Kier alpha value is -1.98. The molecule has 0 saturated heterocycles. The van der Waals surface area contributed by atoms with Crippen LogP contribution in [-0.4, -0.2) is 28.2 Å². The van der Waals surface area contributed by atoms with E-state index in [2.05, 4.69) is 53.4 Å². The van der Waals surface area contributed by atoms with E-state index in [4.69, 9.17) is 5.11 Å². The quantitative estimate of drug-likeness (QED) is 0.704. The van der Waals surface area contributed by atoms with E-state index in [0.29, 0.717) is 13.0 Å². The second-order valence-electron chi connectivity index (χ2n) is 5.31. The Morgan fingerprint density at radius 2 is 1.91 bits per heavy atom. The molecule has 0 fully saturated rings. The van der Waals surface area contributed by atoms with Gasteiger partial charge < -0.3 is 10.4 Å². The molecule has 0 unspecified atom stereocenters. The lowest BCUT2D eigenvalue weighted by molar-refractivity contribution is 0.292. The van der Waals surface area contributed by atoms with Crippen LogP contribution in [0.3, 0.4) is 0 Å². The smallest absolute Gasteiger partial charge is 0.138 e. The van der Waals surface area contributed by atoms with Crippen LogP contribution in [0, 0.1) is 13.8 Å². The molecule has 5 heteroatoms. The molecule has 4 nitrogen and oxygen atoms in total. The maximum atomic E-state index is 8.95. The lowest BCUT2D eigenvalue weighted by atomic mass is 10.0. The number of aliphatic hydroxyl groups excluding tert-OH is 1. The summed E-state index contributed by atoms with van der Waals surface area (Å²) in [6, 6.07) is 8.55. The third-order valence-electron chi connectivity index (χ3n) is 3.63. The second kappa shape index (κ2) is 6.42. The van der Waals surface area contributed by atoms with Crippen LogP contribution in [0.2, 0.25) is 0 Å². The maximum Gasteiger partial charge on any atom is 0.138 e. The molecule has 3 rings (SSSR count). The summed E-state index contributed by atoms with van der Waals surface area (Å²) in [4.78, 5) is 11.0. The molecular weight excluding hydrogens is 294 g/mol. The number of fused-ring (bicyclic) bond motifs is 1. The standard InChI is InChI=1S/C17H19N3OS/c1-11-4-6-13(7-5-11)14-12(2)22-17-15(14)16(19-10-20-17)18-8-3-9-21/h4-7,10,21H,3,8-9H2,1-2H3,(H,18,19,20). The van der Waals surface area contributed by atoms with Gasteiger partial charge in [0, 0.05) is 23.6 Å². The number of aromatic nitrogens is 2. The SMILES string of the molecule is Cc1ccc(-c2c(C)sc3ncnc(NCCCO)c23)cc1. The summed E-state index contributed by atoms with van der Waals surface area (Å²) in [6.07, 6.45) is 2.30. The summed E-state index contributed by atoms with van der Waals surface area (Å²) >= 11 is 1.69. The molecule has 0 radical (unpaired) electrons. The molecular formula is C17H19N3OS. The summed E-state index contributed by atoms with van der Waals surface area (Å²) in [5.41, 5.74) is 3.64. The fourth-order valence-corrected chi connectivity index (χ4v) is 3.54. The van der Waals surface area contributed by atoms with Gasteiger partial charge in [-0.25, -0.2) is 9.97 Å². The zero-order chi connectivity index (χ0) is 15.5. The monoisotopic (exact) mass is 313 g/mol. The fraction of sp³-hybridized carbons (Fsp3) is 0.294. The van der Waals surface area contributed by atoms with Gasteiger partial charge in [-0.1, -0.05) is 29.8 Å². The van der Waals surface area contributed by atoms with Gasteiger partial charge in [0.2, 0.25) is 0 Å². The van der Waals surface area contributed by atoms with Crippen molar-refractivity contribution < 1.29 is 5.11 Å². The van der Waals surface area contributed by atoms with Gasteiger partial charge in [0.25, 0.3) is 0 Å². The highest BCUT2D eigenvalue weighted by molar-refractivity contribution is 7.19. The minimum absolute atomic E-state index is 0.175. The average Bonchev–Trinajstić information content (AvgIpc) is 2.85. The average molecular weight is 313 g/mol. The van der Waals surface area contributed by atoms with Crippen molar-refractivity contribution in [2.24, 2.45) is 0 Å². The summed E-state index contributed by atoms with van der Waals surface area (Å²) in [5.74, 6) is 0.846. The van der Waals surface area contributed by atoms with E-state index >= 15 is 0 Å². The number of aryl methyl sites for hydroxylation is 2. The second-order valence-corrected chi connectivity index (χ2v) is 6.51. The number of thiophene rings is 1. The Morgan fingerprint density at radius 1 is 1.14 bits per heavy atom. The number of rotatable bonds is 5. The minimum Gasteiger partial charge on any atom is -0.396 e. The van der Waals surface area contributed by atoms with Crippen LogP contribution in [0.15, 0.2) is 30.6 Å². The normalized spacial score (nSPS) is 11.0. The predicted octanol–water partition coefficient (Wildman–Crippen LogP) is 3.77. The number of nitrogens with zero attached hydrogens (tertiary/aromatic N) is 2. The third-order valence-corrected chi connectivity index (χ3v) is 4.65. The van der Waals surface area contributed by atoms with E-state index in [1.54, 1.807) is 17.7 Å². The zero-order valence-electron chi connectivity index (χ0n) is 12.8. The third kappa shape index (κ3) is 2.82.